The number of halogens is 1. The smallest absolute Gasteiger partial charge is 0.0784 e. The summed E-state index contributed by atoms with van der Waals surface area (Å²) in [5.74, 6) is 0. The summed E-state index contributed by atoms with van der Waals surface area (Å²) in [4.78, 5) is 0. The number of nitrogens with zero attached hydrogens (tertiary/aromatic N) is 1. The number of hydrogen-bond acceptors (Lipinski definition) is 0. The molecular formula is C21H45IN+. The number of rotatable bonds is 18. The minimum Gasteiger partial charge on any atom is -0.326 e. The Morgan fingerprint density at radius 3 is 1.26 bits per heavy atom. The van der Waals surface area contributed by atoms with E-state index in [1.165, 1.54) is 118 Å². The predicted molar refractivity (Wildman–Crippen MR) is 116 cm³/mol. The number of quaternary nitrogens is 1. The molecular weight excluding hydrogens is 393 g/mol. The summed E-state index contributed by atoms with van der Waals surface area (Å²) in [6.07, 6.45) is 20.0. The van der Waals surface area contributed by atoms with Crippen molar-refractivity contribution in [3.63, 3.8) is 0 Å². The maximum Gasteiger partial charge on any atom is 0.0784 e. The molecule has 0 N–H and O–H groups in total. The molecule has 0 saturated carbocycles. The maximum atomic E-state index is 2.53. The van der Waals surface area contributed by atoms with Crippen molar-refractivity contribution in [3.8, 4) is 0 Å². The van der Waals surface area contributed by atoms with Crippen LogP contribution in [0.1, 0.15) is 104 Å². The summed E-state index contributed by atoms with van der Waals surface area (Å²) in [5.41, 5.74) is 0. The molecule has 0 atom stereocenters. The zero-order valence-electron chi connectivity index (χ0n) is 16.6. The fourth-order valence-electron chi connectivity index (χ4n) is 3.47. The monoisotopic (exact) mass is 438 g/mol. The Balaban J connectivity index is 3.93. The van der Waals surface area contributed by atoms with Gasteiger partial charge in [-0.25, -0.2) is 0 Å². The van der Waals surface area contributed by atoms with Gasteiger partial charge in [0.15, 0.2) is 0 Å². The molecule has 0 unspecified atom stereocenters. The number of alkyl halides is 1. The van der Waals surface area contributed by atoms with Gasteiger partial charge >= 0.3 is 0 Å². The van der Waals surface area contributed by atoms with Crippen LogP contribution in [-0.4, -0.2) is 35.6 Å². The SMILES string of the molecule is CCCCCCCC[N+](C)(CCCCI)CCCCCCCC. The van der Waals surface area contributed by atoms with Gasteiger partial charge in [0.2, 0.25) is 0 Å². The molecule has 0 aliphatic rings. The number of hydrogen-bond donors (Lipinski definition) is 0. The molecule has 1 nitrogen and oxygen atoms in total. The van der Waals surface area contributed by atoms with Crippen LogP contribution < -0.4 is 0 Å². The lowest BCUT2D eigenvalue weighted by molar-refractivity contribution is -0.910. The molecule has 0 aromatic rings. The second-order valence-corrected chi connectivity index (χ2v) is 8.80. The van der Waals surface area contributed by atoms with Gasteiger partial charge in [-0.15, -0.1) is 0 Å². The Hall–Kier alpha value is 0.690. The summed E-state index contributed by atoms with van der Waals surface area (Å²) in [6.45, 7) is 8.86. The topological polar surface area (TPSA) is 0 Å². The third kappa shape index (κ3) is 15.9. The van der Waals surface area contributed by atoms with Crippen molar-refractivity contribution in [2.45, 2.75) is 104 Å². The quantitative estimate of drug-likeness (QED) is 0.0907. The third-order valence-electron chi connectivity index (χ3n) is 5.18. The molecule has 0 amide bonds. The van der Waals surface area contributed by atoms with Crippen LogP contribution in [0.25, 0.3) is 0 Å². The van der Waals surface area contributed by atoms with E-state index in [9.17, 15) is 0 Å². The van der Waals surface area contributed by atoms with Gasteiger partial charge in [-0.05, 0) is 43.0 Å². The summed E-state index contributed by atoms with van der Waals surface area (Å²) < 4.78 is 2.67. The van der Waals surface area contributed by atoms with Crippen molar-refractivity contribution >= 4 is 22.6 Å². The molecule has 140 valence electrons. The fraction of sp³-hybridized carbons (Fsp3) is 1.00. The van der Waals surface area contributed by atoms with Crippen molar-refractivity contribution in [3.05, 3.63) is 0 Å². The number of unbranched alkanes of at least 4 members (excludes halogenated alkanes) is 11. The van der Waals surface area contributed by atoms with Crippen molar-refractivity contribution < 1.29 is 4.48 Å². The lowest BCUT2D eigenvalue weighted by Gasteiger charge is -2.35. The lowest BCUT2D eigenvalue weighted by Crippen LogP contribution is -2.46. The van der Waals surface area contributed by atoms with Gasteiger partial charge in [-0.3, -0.25) is 0 Å². The van der Waals surface area contributed by atoms with Crippen LogP contribution in [0, 0.1) is 0 Å². The van der Waals surface area contributed by atoms with E-state index in [1.807, 2.05) is 0 Å². The lowest BCUT2D eigenvalue weighted by atomic mass is 10.1. The Kier molecular flexibility index (Phi) is 18.0. The first-order chi connectivity index (χ1) is 11.2. The van der Waals surface area contributed by atoms with Crippen LogP contribution in [0.2, 0.25) is 0 Å². The average molecular weight is 439 g/mol. The molecule has 0 radical (unpaired) electrons. The van der Waals surface area contributed by atoms with Crippen LogP contribution in [-0.2, 0) is 0 Å². The molecule has 0 bridgehead atoms. The molecule has 23 heavy (non-hydrogen) atoms. The zero-order valence-corrected chi connectivity index (χ0v) is 18.7. The van der Waals surface area contributed by atoms with Gasteiger partial charge in [0.25, 0.3) is 0 Å². The Morgan fingerprint density at radius 1 is 0.522 bits per heavy atom. The van der Waals surface area contributed by atoms with Crippen LogP contribution in [0.4, 0.5) is 0 Å². The second kappa shape index (κ2) is 17.5. The second-order valence-electron chi connectivity index (χ2n) is 7.72. The van der Waals surface area contributed by atoms with Gasteiger partial charge in [0, 0.05) is 0 Å². The largest absolute Gasteiger partial charge is 0.326 e. The van der Waals surface area contributed by atoms with Crippen LogP contribution in [0.15, 0.2) is 0 Å². The van der Waals surface area contributed by atoms with E-state index in [1.54, 1.807) is 0 Å². The summed E-state index contributed by atoms with van der Waals surface area (Å²) in [6, 6.07) is 0. The molecule has 0 aliphatic carbocycles. The van der Waals surface area contributed by atoms with Gasteiger partial charge in [0.1, 0.15) is 0 Å². The molecule has 0 aliphatic heterocycles. The van der Waals surface area contributed by atoms with Crippen molar-refractivity contribution in [1.29, 1.82) is 0 Å². The molecule has 0 aromatic carbocycles. The highest BCUT2D eigenvalue weighted by Crippen LogP contribution is 2.15. The van der Waals surface area contributed by atoms with E-state index in [2.05, 4.69) is 43.5 Å². The highest BCUT2D eigenvalue weighted by atomic mass is 127. The van der Waals surface area contributed by atoms with E-state index in [0.29, 0.717) is 0 Å². The molecule has 0 aromatic heterocycles. The fourth-order valence-corrected chi connectivity index (χ4v) is 4.01. The highest BCUT2D eigenvalue weighted by molar-refractivity contribution is 14.1. The average Bonchev–Trinajstić information content (AvgIpc) is 2.54. The Labute approximate surface area is 161 Å². The molecule has 0 spiro atoms. The zero-order chi connectivity index (χ0) is 17.2. The van der Waals surface area contributed by atoms with E-state index in [-0.39, 0.29) is 0 Å². The van der Waals surface area contributed by atoms with Gasteiger partial charge in [0.05, 0.1) is 26.7 Å². The molecule has 0 saturated heterocycles. The van der Waals surface area contributed by atoms with Crippen molar-refractivity contribution in [1.82, 2.24) is 0 Å². The normalized spacial score (nSPS) is 12.0. The van der Waals surface area contributed by atoms with Crippen LogP contribution >= 0.6 is 22.6 Å². The first-order valence-corrected chi connectivity index (χ1v) is 12.1. The van der Waals surface area contributed by atoms with Gasteiger partial charge < -0.3 is 4.48 Å². The first-order valence-electron chi connectivity index (χ1n) is 10.6. The Bertz CT molecular complexity index is 214. The molecule has 0 rings (SSSR count). The minimum atomic E-state index is 1.33. The predicted octanol–water partition coefficient (Wildman–Crippen LogP) is 7.37. The van der Waals surface area contributed by atoms with E-state index >= 15 is 0 Å². The van der Waals surface area contributed by atoms with E-state index in [0.717, 1.165) is 0 Å². The van der Waals surface area contributed by atoms with Crippen molar-refractivity contribution in [2.75, 3.05) is 31.1 Å². The third-order valence-corrected chi connectivity index (χ3v) is 5.95. The maximum absolute atomic E-state index is 2.53. The van der Waals surface area contributed by atoms with Gasteiger partial charge in [-0.1, -0.05) is 87.8 Å². The first kappa shape index (κ1) is 23.7. The Morgan fingerprint density at radius 2 is 0.870 bits per heavy atom. The summed E-state index contributed by atoms with van der Waals surface area (Å²) in [7, 11) is 2.53. The molecule has 0 fully saturated rings. The van der Waals surface area contributed by atoms with Crippen LogP contribution in [0.5, 0.6) is 0 Å². The highest BCUT2D eigenvalue weighted by Gasteiger charge is 2.19. The summed E-state index contributed by atoms with van der Waals surface area (Å²) in [5, 5.41) is 0. The summed E-state index contributed by atoms with van der Waals surface area (Å²) >= 11 is 2.53. The van der Waals surface area contributed by atoms with Crippen LogP contribution in [0.3, 0.4) is 0 Å². The van der Waals surface area contributed by atoms with Gasteiger partial charge in [-0.2, -0.15) is 0 Å². The minimum absolute atomic E-state index is 1.33. The van der Waals surface area contributed by atoms with E-state index < -0.39 is 0 Å². The standard InChI is InChI=1S/C21H45IN/c1-4-6-8-10-12-15-19-23(3,21-17-14-18-22)20-16-13-11-9-7-5-2/h4-21H2,1-3H3/q+1. The van der Waals surface area contributed by atoms with E-state index in [4.69, 9.17) is 0 Å². The molecule has 0 heterocycles. The molecule has 2 heteroatoms. The van der Waals surface area contributed by atoms with Crippen molar-refractivity contribution in [2.24, 2.45) is 0 Å².